The van der Waals surface area contributed by atoms with E-state index in [9.17, 15) is 32.7 Å². The van der Waals surface area contributed by atoms with Crippen LogP contribution < -0.4 is 20.7 Å². The van der Waals surface area contributed by atoms with E-state index in [-0.39, 0.29) is 30.2 Å². The van der Waals surface area contributed by atoms with E-state index in [1.54, 1.807) is 32.9 Å². The largest absolute Gasteiger partial charge is 0.480 e. The number of carbonyl (C=O) groups excluding carboxylic acids is 3. The van der Waals surface area contributed by atoms with Crippen LogP contribution in [-0.2, 0) is 30.8 Å². The molecule has 2 rings (SSSR count). The number of carboxylic acid groups (broad SMARTS) is 1. The molecule has 0 aliphatic carbocycles. The third-order valence-electron chi connectivity index (χ3n) is 5.66. The molecule has 202 valence electrons. The van der Waals surface area contributed by atoms with E-state index < -0.39 is 45.9 Å². The maximum Gasteiger partial charge on any atom is 0.329 e. The van der Waals surface area contributed by atoms with Gasteiger partial charge in [0.05, 0.1) is 11.2 Å². The van der Waals surface area contributed by atoms with Crippen LogP contribution in [0.15, 0.2) is 41.7 Å². The van der Waals surface area contributed by atoms with Gasteiger partial charge in [-0.05, 0) is 24.5 Å². The molecule has 0 spiro atoms. The molecule has 1 heterocycles. The highest BCUT2D eigenvalue weighted by Crippen LogP contribution is 2.14. The molecule has 2 aromatic rings. The summed E-state index contributed by atoms with van der Waals surface area (Å²) in [6, 6.07) is 2.82. The number of carbonyl (C=O) groups is 4. The molecule has 3 atom stereocenters. The van der Waals surface area contributed by atoms with Crippen molar-refractivity contribution < 1.29 is 32.7 Å². The first-order chi connectivity index (χ1) is 17.4. The highest BCUT2D eigenvalue weighted by molar-refractivity contribution is 7.90. The summed E-state index contributed by atoms with van der Waals surface area (Å²) in [6.07, 6.45) is 3.14. The van der Waals surface area contributed by atoms with Crippen LogP contribution in [0.4, 0.5) is 4.79 Å². The Morgan fingerprint density at radius 1 is 1.14 bits per heavy atom. The molecule has 0 radical (unpaired) electrons. The van der Waals surface area contributed by atoms with Gasteiger partial charge in [0.15, 0.2) is 0 Å². The summed E-state index contributed by atoms with van der Waals surface area (Å²) >= 11 is 0. The van der Waals surface area contributed by atoms with E-state index in [0.29, 0.717) is 17.7 Å². The Hall–Kier alpha value is -3.94. The predicted octanol–water partition coefficient (Wildman–Crippen LogP) is 0.439. The minimum absolute atomic E-state index is 0.00790. The van der Waals surface area contributed by atoms with Crippen molar-refractivity contribution in [3.05, 3.63) is 48.0 Å². The molecule has 14 heteroatoms. The second kappa shape index (κ2) is 13.4. The fraction of sp³-hybridized carbons (Fsp3) is 0.435. The fourth-order valence-corrected chi connectivity index (χ4v) is 4.56. The average Bonchev–Trinajstić information content (AvgIpc) is 3.34. The lowest BCUT2D eigenvalue weighted by atomic mass is 9.98. The van der Waals surface area contributed by atoms with E-state index in [4.69, 9.17) is 0 Å². The molecule has 13 nitrogen and oxygen atoms in total. The van der Waals surface area contributed by atoms with E-state index in [0.717, 1.165) is 0 Å². The van der Waals surface area contributed by atoms with E-state index in [1.807, 2.05) is 4.72 Å². The number of aromatic amines is 1. The molecule has 0 fully saturated rings. The van der Waals surface area contributed by atoms with E-state index in [2.05, 4.69) is 25.9 Å². The fourth-order valence-electron chi connectivity index (χ4n) is 3.40. The zero-order valence-corrected chi connectivity index (χ0v) is 21.6. The van der Waals surface area contributed by atoms with E-state index >= 15 is 0 Å². The molecule has 6 N–H and O–H groups in total. The van der Waals surface area contributed by atoms with Crippen molar-refractivity contribution >= 4 is 33.8 Å². The lowest BCUT2D eigenvalue weighted by molar-refractivity contribution is -0.141. The van der Waals surface area contributed by atoms with Crippen molar-refractivity contribution in [2.24, 2.45) is 5.92 Å². The van der Waals surface area contributed by atoms with Crippen molar-refractivity contribution in [1.82, 2.24) is 30.6 Å². The van der Waals surface area contributed by atoms with E-state index in [1.165, 1.54) is 24.7 Å². The number of nitrogens with one attached hydrogen (secondary N) is 5. The number of hydrogen-bond donors (Lipinski definition) is 6. The first kappa shape index (κ1) is 29.3. The number of rotatable bonds is 13. The van der Waals surface area contributed by atoms with Gasteiger partial charge in [-0.15, -0.1) is 0 Å². The van der Waals surface area contributed by atoms with Crippen molar-refractivity contribution in [1.29, 1.82) is 0 Å². The van der Waals surface area contributed by atoms with Crippen molar-refractivity contribution in [3.8, 4) is 0 Å². The number of nitrogens with zero attached hydrogens (tertiary/aromatic N) is 1. The molecule has 0 aliphatic rings. The minimum Gasteiger partial charge on any atom is -0.480 e. The second-order valence-electron chi connectivity index (χ2n) is 8.49. The van der Waals surface area contributed by atoms with Crippen LogP contribution in [0.5, 0.6) is 0 Å². The third-order valence-corrected chi connectivity index (χ3v) is 7.15. The molecule has 0 saturated heterocycles. The van der Waals surface area contributed by atoms with Gasteiger partial charge in [0.25, 0.3) is 10.0 Å². The lowest BCUT2D eigenvalue weighted by Gasteiger charge is -2.23. The van der Waals surface area contributed by atoms with Crippen LogP contribution in [0.3, 0.4) is 0 Å². The summed E-state index contributed by atoms with van der Waals surface area (Å²) in [5.74, 6) is -2.79. The Morgan fingerprint density at radius 2 is 1.84 bits per heavy atom. The number of hydrogen-bond acceptors (Lipinski definition) is 7. The van der Waals surface area contributed by atoms with Crippen molar-refractivity contribution in [2.45, 2.75) is 57.0 Å². The molecule has 1 aromatic heterocycles. The third kappa shape index (κ3) is 8.90. The maximum atomic E-state index is 12.8. The first-order valence-corrected chi connectivity index (χ1v) is 13.1. The quantitative estimate of drug-likeness (QED) is 0.212. The summed E-state index contributed by atoms with van der Waals surface area (Å²) in [5, 5.41) is 16.7. The highest BCUT2D eigenvalue weighted by atomic mass is 32.2. The summed E-state index contributed by atoms with van der Waals surface area (Å²) in [7, 11) is -4.16. The zero-order chi connectivity index (χ0) is 27.6. The maximum absolute atomic E-state index is 12.8. The molecular formula is C23H32N6O7S. The van der Waals surface area contributed by atoms with Crippen LogP contribution in [0.2, 0.25) is 0 Å². The number of carboxylic acids is 1. The predicted molar refractivity (Wildman–Crippen MR) is 133 cm³/mol. The molecule has 1 aromatic carbocycles. The lowest BCUT2D eigenvalue weighted by Crippen LogP contribution is -2.54. The van der Waals surface area contributed by atoms with Crippen LogP contribution in [0.1, 0.15) is 37.9 Å². The molecule has 0 bridgehead atoms. The number of aromatic nitrogens is 2. The standard InChI is InChI=1S/C23H32N6O7S/c1-4-14(2)20(28-23(34)29-37(35,36)18-8-6-5-7-15(18)3)21(31)25-10-9-19(30)27-17(22(32)33)11-16-12-24-13-26-16/h5-8,12-14,17,20H,4,9-11H2,1-3H3,(H,24,26)(H,25,31)(H,27,30)(H,32,33)(H2,28,29,34)/t14-,17-,20-/m0/s1. The normalized spacial score (nSPS) is 13.6. The van der Waals surface area contributed by atoms with Crippen LogP contribution in [-0.4, -0.2) is 65.9 Å². The van der Waals surface area contributed by atoms with Crippen molar-refractivity contribution in [2.75, 3.05) is 6.54 Å². The van der Waals surface area contributed by atoms with Gasteiger partial charge in [-0.25, -0.2) is 27.7 Å². The topological polar surface area (TPSA) is 199 Å². The monoisotopic (exact) mass is 536 g/mol. The Kier molecular flexibility index (Phi) is 10.6. The Bertz CT molecular complexity index is 1200. The number of amides is 4. The summed E-state index contributed by atoms with van der Waals surface area (Å²) in [6.45, 7) is 4.97. The van der Waals surface area contributed by atoms with Crippen LogP contribution in [0, 0.1) is 12.8 Å². The van der Waals surface area contributed by atoms with Gasteiger partial charge >= 0.3 is 12.0 Å². The van der Waals surface area contributed by atoms with Gasteiger partial charge < -0.3 is 26.0 Å². The number of aliphatic carboxylic acids is 1. The molecule has 37 heavy (non-hydrogen) atoms. The minimum atomic E-state index is -4.16. The number of aryl methyl sites for hydroxylation is 1. The van der Waals surface area contributed by atoms with Gasteiger partial charge in [0, 0.05) is 31.3 Å². The number of imidazole rings is 1. The molecule has 0 unspecified atom stereocenters. The zero-order valence-electron chi connectivity index (χ0n) is 20.8. The van der Waals surface area contributed by atoms with Crippen LogP contribution >= 0.6 is 0 Å². The van der Waals surface area contributed by atoms with Gasteiger partial charge in [-0.3, -0.25) is 9.59 Å². The van der Waals surface area contributed by atoms with Gasteiger partial charge in [0.1, 0.15) is 12.1 Å². The van der Waals surface area contributed by atoms with Gasteiger partial charge in [0.2, 0.25) is 11.8 Å². The number of sulfonamides is 1. The Balaban J connectivity index is 1.92. The molecule has 4 amide bonds. The number of benzene rings is 1. The SMILES string of the molecule is CC[C@H](C)[C@H](NC(=O)NS(=O)(=O)c1ccccc1C)C(=O)NCCC(=O)N[C@@H](Cc1cnc[nH]1)C(=O)O. The highest BCUT2D eigenvalue weighted by Gasteiger charge is 2.28. The smallest absolute Gasteiger partial charge is 0.329 e. The summed E-state index contributed by atoms with van der Waals surface area (Å²) in [4.78, 5) is 55.4. The molecule has 0 aliphatic heterocycles. The Labute approximate surface area is 214 Å². The average molecular weight is 537 g/mol. The summed E-state index contributed by atoms with van der Waals surface area (Å²) in [5.41, 5.74) is 0.984. The number of H-pyrrole nitrogens is 1. The summed E-state index contributed by atoms with van der Waals surface area (Å²) < 4.78 is 27.1. The Morgan fingerprint density at radius 3 is 2.43 bits per heavy atom. The number of urea groups is 1. The van der Waals surface area contributed by atoms with Gasteiger partial charge in [-0.1, -0.05) is 38.5 Å². The molecular weight excluding hydrogens is 504 g/mol. The molecule has 0 saturated carbocycles. The van der Waals surface area contributed by atoms with Crippen molar-refractivity contribution in [3.63, 3.8) is 0 Å². The van der Waals surface area contributed by atoms with Crippen LogP contribution in [0.25, 0.3) is 0 Å². The first-order valence-electron chi connectivity index (χ1n) is 11.6. The van der Waals surface area contributed by atoms with Gasteiger partial charge in [-0.2, -0.15) is 0 Å². The second-order valence-corrected chi connectivity index (χ2v) is 10.1.